The Morgan fingerprint density at radius 1 is 1.33 bits per heavy atom. The second-order valence-corrected chi connectivity index (χ2v) is 6.10. The summed E-state index contributed by atoms with van der Waals surface area (Å²) in [5, 5.41) is 6.73. The summed E-state index contributed by atoms with van der Waals surface area (Å²) in [6.45, 7) is 7.32. The van der Waals surface area contributed by atoms with Gasteiger partial charge < -0.3 is 15.4 Å². The molecule has 2 N–H and O–H groups in total. The molecule has 7 nitrogen and oxygen atoms in total. The van der Waals surface area contributed by atoms with Crippen molar-refractivity contribution in [3.05, 3.63) is 16.1 Å². The van der Waals surface area contributed by atoms with Gasteiger partial charge in [0.1, 0.15) is 5.69 Å². The second-order valence-electron chi connectivity index (χ2n) is 5.24. The van der Waals surface area contributed by atoms with Crippen LogP contribution >= 0.6 is 11.3 Å². The smallest absolute Gasteiger partial charge is 0.367 e. The molecule has 0 aliphatic rings. The van der Waals surface area contributed by atoms with E-state index in [1.165, 1.54) is 5.38 Å². The van der Waals surface area contributed by atoms with Gasteiger partial charge in [0.2, 0.25) is 10.9 Å². The first kappa shape index (κ1) is 17.1. The molecule has 0 saturated carbocycles. The molecule has 0 spiro atoms. The Bertz CT molecular complexity index is 534. The first-order valence-corrected chi connectivity index (χ1v) is 7.32. The third kappa shape index (κ3) is 5.90. The highest BCUT2D eigenvalue weighted by molar-refractivity contribution is 7.11. The van der Waals surface area contributed by atoms with Gasteiger partial charge in [0.25, 0.3) is 5.91 Å². The fourth-order valence-electron chi connectivity index (χ4n) is 1.38. The van der Waals surface area contributed by atoms with Crippen LogP contribution < -0.4 is 10.6 Å². The molecule has 0 aromatic carbocycles. The quantitative estimate of drug-likeness (QED) is 0.789. The number of thiazole rings is 1. The lowest BCUT2D eigenvalue weighted by molar-refractivity contribution is -0.121. The summed E-state index contributed by atoms with van der Waals surface area (Å²) >= 11 is 1.02. The Balaban J connectivity index is 2.53. The molecule has 0 unspecified atom stereocenters. The van der Waals surface area contributed by atoms with Crippen molar-refractivity contribution in [1.29, 1.82) is 0 Å². The van der Waals surface area contributed by atoms with E-state index in [1.807, 2.05) is 20.8 Å². The molecule has 8 heteroatoms. The summed E-state index contributed by atoms with van der Waals surface area (Å²) in [5.41, 5.74) is -0.272. The molecule has 0 radical (unpaired) electrons. The summed E-state index contributed by atoms with van der Waals surface area (Å²) in [7, 11) is 0. The third-order valence-corrected chi connectivity index (χ3v) is 2.93. The SMILES string of the molecule is CCOC(=O)c1nc(C(=O)NCC(=O)NC(C)(C)C)cs1. The Kier molecular flexibility index (Phi) is 5.83. The van der Waals surface area contributed by atoms with Crippen LogP contribution in [0.5, 0.6) is 0 Å². The number of nitrogens with zero attached hydrogens (tertiary/aromatic N) is 1. The van der Waals surface area contributed by atoms with Gasteiger partial charge in [0, 0.05) is 10.9 Å². The molecule has 0 fully saturated rings. The van der Waals surface area contributed by atoms with Gasteiger partial charge in [-0.25, -0.2) is 9.78 Å². The minimum Gasteiger partial charge on any atom is -0.461 e. The van der Waals surface area contributed by atoms with Crippen LogP contribution in [0.2, 0.25) is 0 Å². The van der Waals surface area contributed by atoms with Gasteiger partial charge in [-0.2, -0.15) is 0 Å². The van der Waals surface area contributed by atoms with E-state index in [-0.39, 0.29) is 35.3 Å². The van der Waals surface area contributed by atoms with Crippen molar-refractivity contribution in [3.63, 3.8) is 0 Å². The molecule has 1 aromatic rings. The van der Waals surface area contributed by atoms with Crippen LogP contribution in [0.4, 0.5) is 0 Å². The van der Waals surface area contributed by atoms with Crippen molar-refractivity contribution in [2.45, 2.75) is 33.2 Å². The highest BCUT2D eigenvalue weighted by atomic mass is 32.1. The Labute approximate surface area is 127 Å². The normalized spacial score (nSPS) is 10.9. The van der Waals surface area contributed by atoms with Crippen molar-refractivity contribution < 1.29 is 19.1 Å². The number of nitrogens with one attached hydrogen (secondary N) is 2. The highest BCUT2D eigenvalue weighted by Crippen LogP contribution is 2.11. The van der Waals surface area contributed by atoms with Gasteiger partial charge in [-0.05, 0) is 27.7 Å². The van der Waals surface area contributed by atoms with E-state index in [4.69, 9.17) is 4.74 Å². The van der Waals surface area contributed by atoms with Crippen molar-refractivity contribution in [3.8, 4) is 0 Å². The van der Waals surface area contributed by atoms with Gasteiger partial charge in [-0.15, -0.1) is 11.3 Å². The zero-order chi connectivity index (χ0) is 16.0. The number of amides is 2. The van der Waals surface area contributed by atoms with E-state index in [1.54, 1.807) is 6.92 Å². The van der Waals surface area contributed by atoms with E-state index in [0.717, 1.165) is 11.3 Å². The van der Waals surface area contributed by atoms with Gasteiger partial charge >= 0.3 is 5.97 Å². The van der Waals surface area contributed by atoms with Crippen LogP contribution in [-0.2, 0) is 9.53 Å². The monoisotopic (exact) mass is 313 g/mol. The fourth-order valence-corrected chi connectivity index (χ4v) is 2.07. The van der Waals surface area contributed by atoms with E-state index in [2.05, 4.69) is 15.6 Å². The second kappa shape index (κ2) is 7.16. The summed E-state index contributed by atoms with van der Waals surface area (Å²) < 4.78 is 4.79. The van der Waals surface area contributed by atoms with Crippen LogP contribution in [0.3, 0.4) is 0 Å². The first-order valence-electron chi connectivity index (χ1n) is 6.45. The third-order valence-electron chi connectivity index (χ3n) is 2.11. The predicted molar refractivity (Wildman–Crippen MR) is 78.3 cm³/mol. The van der Waals surface area contributed by atoms with Crippen molar-refractivity contribution >= 4 is 29.1 Å². The molecule has 0 aliphatic carbocycles. The average Bonchev–Trinajstić information content (AvgIpc) is 2.83. The minimum atomic E-state index is -0.563. The molecule has 21 heavy (non-hydrogen) atoms. The lowest BCUT2D eigenvalue weighted by atomic mass is 10.1. The molecular weight excluding hydrogens is 294 g/mol. The number of carbonyl (C=O) groups excluding carboxylic acids is 3. The van der Waals surface area contributed by atoms with Gasteiger partial charge in [0.05, 0.1) is 13.2 Å². The molecule has 1 rings (SSSR count). The van der Waals surface area contributed by atoms with Crippen LogP contribution in [0, 0.1) is 0 Å². The first-order chi connectivity index (χ1) is 9.73. The molecule has 0 aliphatic heterocycles. The number of carbonyl (C=O) groups is 3. The average molecular weight is 313 g/mol. The summed E-state index contributed by atoms with van der Waals surface area (Å²) in [6, 6.07) is 0. The van der Waals surface area contributed by atoms with Crippen molar-refractivity contribution in [2.75, 3.05) is 13.2 Å². The largest absolute Gasteiger partial charge is 0.461 e. The van der Waals surface area contributed by atoms with Gasteiger partial charge in [-0.1, -0.05) is 0 Å². The number of aromatic nitrogens is 1. The maximum Gasteiger partial charge on any atom is 0.367 e. The molecule has 0 atom stereocenters. The molecule has 1 heterocycles. The lowest BCUT2D eigenvalue weighted by Gasteiger charge is -2.20. The number of hydrogen-bond acceptors (Lipinski definition) is 6. The topological polar surface area (TPSA) is 97.4 Å². The highest BCUT2D eigenvalue weighted by Gasteiger charge is 2.18. The summed E-state index contributed by atoms with van der Waals surface area (Å²) in [5.74, 6) is -1.37. The van der Waals surface area contributed by atoms with Crippen LogP contribution in [0.25, 0.3) is 0 Å². The van der Waals surface area contributed by atoms with E-state index in [0.29, 0.717) is 0 Å². The Hall–Kier alpha value is -1.96. The number of hydrogen-bond donors (Lipinski definition) is 2. The van der Waals surface area contributed by atoms with E-state index in [9.17, 15) is 14.4 Å². The molecular formula is C13H19N3O4S. The minimum absolute atomic E-state index is 0.0895. The summed E-state index contributed by atoms with van der Waals surface area (Å²) in [4.78, 5) is 38.7. The van der Waals surface area contributed by atoms with E-state index < -0.39 is 11.9 Å². The van der Waals surface area contributed by atoms with Gasteiger partial charge in [0.15, 0.2) is 0 Å². The zero-order valence-electron chi connectivity index (χ0n) is 12.5. The summed E-state index contributed by atoms with van der Waals surface area (Å²) in [6.07, 6.45) is 0. The zero-order valence-corrected chi connectivity index (χ0v) is 13.3. The maximum absolute atomic E-state index is 11.8. The van der Waals surface area contributed by atoms with Crippen molar-refractivity contribution in [1.82, 2.24) is 15.6 Å². The number of rotatable bonds is 5. The van der Waals surface area contributed by atoms with Crippen LogP contribution in [-0.4, -0.2) is 41.5 Å². The van der Waals surface area contributed by atoms with E-state index >= 15 is 0 Å². The molecule has 116 valence electrons. The number of esters is 1. The number of ether oxygens (including phenoxy) is 1. The Morgan fingerprint density at radius 3 is 2.57 bits per heavy atom. The van der Waals surface area contributed by atoms with Crippen LogP contribution in [0.15, 0.2) is 5.38 Å². The Morgan fingerprint density at radius 2 is 2.00 bits per heavy atom. The molecule has 0 saturated heterocycles. The molecule has 2 amide bonds. The molecule has 0 bridgehead atoms. The standard InChI is InChI=1S/C13H19N3O4S/c1-5-20-12(19)11-15-8(7-21-11)10(18)14-6-9(17)16-13(2,3)4/h7H,5-6H2,1-4H3,(H,14,18)(H,16,17). The fraction of sp³-hybridized carbons (Fsp3) is 0.538. The van der Waals surface area contributed by atoms with Gasteiger partial charge in [-0.3, -0.25) is 9.59 Å². The van der Waals surface area contributed by atoms with Crippen molar-refractivity contribution in [2.24, 2.45) is 0 Å². The molecule has 1 aromatic heterocycles. The maximum atomic E-state index is 11.8. The lowest BCUT2D eigenvalue weighted by Crippen LogP contribution is -2.45. The van der Waals surface area contributed by atoms with Crippen LogP contribution in [0.1, 0.15) is 48.0 Å². The predicted octanol–water partition coefficient (Wildman–Crippen LogP) is 0.964.